The summed E-state index contributed by atoms with van der Waals surface area (Å²) in [5, 5.41) is 7.28. The van der Waals surface area contributed by atoms with E-state index in [-0.39, 0.29) is 29.8 Å². The molecule has 234 valence electrons. The van der Waals surface area contributed by atoms with Crippen LogP contribution in [0.5, 0.6) is 0 Å². The van der Waals surface area contributed by atoms with Crippen molar-refractivity contribution in [3.63, 3.8) is 0 Å². The Bertz CT molecular complexity index is 996. The molecular formula is C31H52F3N4O3+. The van der Waals surface area contributed by atoms with Crippen LogP contribution >= 0.6 is 0 Å². The first-order valence-electron chi connectivity index (χ1n) is 15.6. The van der Waals surface area contributed by atoms with Crippen LogP contribution in [0.15, 0.2) is 5.16 Å². The first-order chi connectivity index (χ1) is 19.0. The molecule has 1 amide bonds. The van der Waals surface area contributed by atoms with E-state index in [4.69, 9.17) is 4.84 Å². The van der Waals surface area contributed by atoms with Crippen LogP contribution in [-0.2, 0) is 9.63 Å². The number of Topliss-reactive ketones (excluding diaryl/α,β-unsaturated/α-hetero) is 1. The van der Waals surface area contributed by atoms with Crippen molar-refractivity contribution >= 4 is 17.6 Å². The van der Waals surface area contributed by atoms with E-state index in [1.807, 2.05) is 28.1 Å². The number of carbonyl (C=O) groups excluding carboxylic acids is 2. The molecule has 4 aliphatic carbocycles. The van der Waals surface area contributed by atoms with Crippen LogP contribution < -0.4 is 5.32 Å². The van der Waals surface area contributed by atoms with Crippen molar-refractivity contribution < 1.29 is 32.1 Å². The van der Waals surface area contributed by atoms with Gasteiger partial charge in [-0.3, -0.25) is 14.5 Å². The molecule has 1 N–H and O–H groups in total. The highest BCUT2D eigenvalue weighted by atomic mass is 19.4. The van der Waals surface area contributed by atoms with Crippen LogP contribution in [0.1, 0.15) is 78.6 Å². The standard InChI is InChI=1S/C31H52F3N4O3/c1-21(36-41-28(40)37(20-31(32,33)34)17-15-35-16-18-38(4,5)6)25-9-10-26-24-8-7-22-19-23(39)11-13-29(22,2)27(24)12-14-30(25,26)3/h22,24-27,35H,7-20H2,1-6H3/q+1/b36-21+/t22-,24+,25-,26+,27+,29+,30-/m1/s1. The monoisotopic (exact) mass is 585 g/mol. The van der Waals surface area contributed by atoms with Crippen molar-refractivity contribution in [1.29, 1.82) is 0 Å². The number of fused-ring (bicyclic) bond motifs is 5. The number of nitrogens with zero attached hydrogens (tertiary/aromatic N) is 3. The van der Waals surface area contributed by atoms with E-state index in [0.29, 0.717) is 46.6 Å². The first kappa shape index (κ1) is 32.2. The second-order valence-electron chi connectivity index (χ2n) is 15.0. The number of hydrogen-bond acceptors (Lipinski definition) is 5. The van der Waals surface area contributed by atoms with Gasteiger partial charge in [0.1, 0.15) is 12.3 Å². The van der Waals surface area contributed by atoms with Gasteiger partial charge >= 0.3 is 12.3 Å². The van der Waals surface area contributed by atoms with E-state index < -0.39 is 18.8 Å². The zero-order valence-corrected chi connectivity index (χ0v) is 26.0. The molecule has 0 aromatic carbocycles. The maximum Gasteiger partial charge on any atom is 0.436 e. The van der Waals surface area contributed by atoms with E-state index >= 15 is 0 Å². The lowest BCUT2D eigenvalue weighted by molar-refractivity contribution is -0.869. The van der Waals surface area contributed by atoms with E-state index in [9.17, 15) is 22.8 Å². The number of likely N-dealkylation sites (N-methyl/N-ethyl adjacent to an activating group) is 1. The van der Waals surface area contributed by atoms with Crippen LogP contribution in [0.2, 0.25) is 0 Å². The molecule has 0 bridgehead atoms. The quantitative estimate of drug-likeness (QED) is 0.121. The van der Waals surface area contributed by atoms with Gasteiger partial charge in [0.25, 0.3) is 0 Å². The number of oxime groups is 1. The molecule has 0 spiro atoms. The molecule has 0 heterocycles. The Labute approximate surface area is 244 Å². The fraction of sp³-hybridized carbons (Fsp3) is 0.903. The fourth-order valence-electron chi connectivity index (χ4n) is 9.17. The Morgan fingerprint density at radius 3 is 2.44 bits per heavy atom. The minimum atomic E-state index is -4.52. The van der Waals surface area contributed by atoms with Gasteiger partial charge in [0.15, 0.2) is 0 Å². The molecule has 0 radical (unpaired) electrons. The highest BCUT2D eigenvalue weighted by Gasteiger charge is 2.60. The van der Waals surface area contributed by atoms with Gasteiger partial charge in [-0.1, -0.05) is 19.0 Å². The number of quaternary nitrogens is 1. The Morgan fingerprint density at radius 1 is 1.05 bits per heavy atom. The normalized spacial score (nSPS) is 35.9. The summed E-state index contributed by atoms with van der Waals surface area (Å²) in [7, 11) is 6.12. The Morgan fingerprint density at radius 2 is 1.76 bits per heavy atom. The third-order valence-corrected chi connectivity index (χ3v) is 11.4. The highest BCUT2D eigenvalue weighted by Crippen LogP contribution is 2.67. The average molecular weight is 586 g/mol. The van der Waals surface area contributed by atoms with Gasteiger partial charge in [-0.05, 0) is 86.4 Å². The molecule has 7 nitrogen and oxygen atoms in total. The number of nitrogens with one attached hydrogen (secondary N) is 1. The van der Waals surface area contributed by atoms with Crippen LogP contribution in [0.4, 0.5) is 18.0 Å². The van der Waals surface area contributed by atoms with E-state index in [1.165, 1.54) is 6.42 Å². The molecule has 0 aliphatic heterocycles. The summed E-state index contributed by atoms with van der Waals surface area (Å²) in [5.41, 5.74) is 0.992. The molecule has 0 unspecified atom stereocenters. The molecule has 0 saturated heterocycles. The molecule has 0 aromatic rings. The lowest BCUT2D eigenvalue weighted by Crippen LogP contribution is -2.53. The number of carbonyl (C=O) groups is 2. The zero-order valence-electron chi connectivity index (χ0n) is 26.0. The van der Waals surface area contributed by atoms with Crippen molar-refractivity contribution in [2.24, 2.45) is 45.6 Å². The summed E-state index contributed by atoms with van der Waals surface area (Å²) < 4.78 is 40.5. The van der Waals surface area contributed by atoms with Crippen molar-refractivity contribution in [2.75, 3.05) is 53.9 Å². The predicted molar refractivity (Wildman–Crippen MR) is 153 cm³/mol. The van der Waals surface area contributed by atoms with Gasteiger partial charge in [0.05, 0.1) is 33.4 Å². The van der Waals surface area contributed by atoms with Gasteiger partial charge in [-0.2, -0.15) is 13.2 Å². The van der Waals surface area contributed by atoms with Crippen LogP contribution in [0.25, 0.3) is 0 Å². The lowest BCUT2D eigenvalue weighted by atomic mass is 9.44. The van der Waals surface area contributed by atoms with Gasteiger partial charge in [-0.15, -0.1) is 0 Å². The summed E-state index contributed by atoms with van der Waals surface area (Å²) in [6.07, 6.45) is 3.47. The molecule has 4 fully saturated rings. The van der Waals surface area contributed by atoms with Gasteiger partial charge < -0.3 is 9.80 Å². The minimum Gasteiger partial charge on any atom is -0.330 e. The lowest BCUT2D eigenvalue weighted by Gasteiger charge is -2.60. The van der Waals surface area contributed by atoms with Crippen molar-refractivity contribution in [3.05, 3.63) is 0 Å². The molecule has 4 saturated carbocycles. The number of rotatable bonds is 9. The molecule has 4 aliphatic rings. The van der Waals surface area contributed by atoms with Crippen molar-refractivity contribution in [2.45, 2.75) is 84.7 Å². The largest absolute Gasteiger partial charge is 0.436 e. The molecular weight excluding hydrogens is 533 g/mol. The van der Waals surface area contributed by atoms with Gasteiger partial charge in [0, 0.05) is 38.4 Å². The summed E-state index contributed by atoms with van der Waals surface area (Å²) in [6.45, 7) is 6.87. The van der Waals surface area contributed by atoms with Gasteiger partial charge in [-0.25, -0.2) is 4.79 Å². The van der Waals surface area contributed by atoms with Crippen LogP contribution in [0, 0.1) is 40.4 Å². The second kappa shape index (κ2) is 12.1. The second-order valence-corrected chi connectivity index (χ2v) is 15.0. The number of halogens is 3. The predicted octanol–water partition coefficient (Wildman–Crippen LogP) is 5.89. The average Bonchev–Trinajstić information content (AvgIpc) is 3.22. The molecule has 4 rings (SSSR count). The summed E-state index contributed by atoms with van der Waals surface area (Å²) in [6, 6.07) is 0. The van der Waals surface area contributed by atoms with E-state index in [2.05, 4.69) is 24.3 Å². The van der Waals surface area contributed by atoms with Crippen molar-refractivity contribution in [1.82, 2.24) is 10.2 Å². The third-order valence-electron chi connectivity index (χ3n) is 11.4. The first-order valence-corrected chi connectivity index (χ1v) is 15.6. The summed E-state index contributed by atoms with van der Waals surface area (Å²) in [5.74, 6) is 2.93. The van der Waals surface area contributed by atoms with Crippen LogP contribution in [0.3, 0.4) is 0 Å². The van der Waals surface area contributed by atoms with Crippen molar-refractivity contribution in [3.8, 4) is 0 Å². The molecule has 0 aromatic heterocycles. The van der Waals surface area contributed by atoms with E-state index in [1.54, 1.807) is 0 Å². The Hall–Kier alpha value is -1.68. The Kier molecular flexibility index (Phi) is 9.54. The molecule has 41 heavy (non-hydrogen) atoms. The van der Waals surface area contributed by atoms with Crippen LogP contribution in [-0.4, -0.2) is 87.0 Å². The number of ketones is 1. The summed E-state index contributed by atoms with van der Waals surface area (Å²) in [4.78, 5) is 30.8. The smallest absolute Gasteiger partial charge is 0.330 e. The molecule has 7 atom stereocenters. The molecule has 10 heteroatoms. The fourth-order valence-corrected chi connectivity index (χ4v) is 9.17. The number of alkyl halides is 3. The minimum absolute atomic E-state index is 0.0377. The number of amides is 1. The van der Waals surface area contributed by atoms with E-state index in [0.717, 1.165) is 62.4 Å². The maximum absolute atomic E-state index is 13.2. The maximum atomic E-state index is 13.2. The topological polar surface area (TPSA) is 71.0 Å². The highest BCUT2D eigenvalue weighted by molar-refractivity contribution is 5.85. The third kappa shape index (κ3) is 7.28. The SMILES string of the molecule is C/C(=N\OC(=O)N(CCNCC[N+](C)(C)C)CC(F)(F)F)[C@H]1CC[C@H]2[C@@H]3CC[C@@H]4CC(=O)CC[C@]4(C)[C@H]3CC[C@]12C. The number of hydrogen-bond donors (Lipinski definition) is 1. The zero-order chi connectivity index (χ0) is 30.2. The summed E-state index contributed by atoms with van der Waals surface area (Å²) >= 11 is 0. The van der Waals surface area contributed by atoms with Gasteiger partial charge in [0.2, 0.25) is 0 Å². The Balaban J connectivity index is 1.38.